The number of methoxy groups -OCH3 is 2. The molecule has 1 aromatic rings. The molecule has 0 spiro atoms. The summed E-state index contributed by atoms with van der Waals surface area (Å²) in [6.07, 6.45) is 2.89. The molecule has 1 atom stereocenters. The minimum Gasteiger partial charge on any atom is -0.493 e. The summed E-state index contributed by atoms with van der Waals surface area (Å²) in [5, 5.41) is 10.3. The Kier molecular flexibility index (Phi) is 10.2. The molecule has 5 nitrogen and oxygen atoms in total. The van der Waals surface area contributed by atoms with Crippen molar-refractivity contribution in [1.82, 2.24) is 0 Å². The van der Waals surface area contributed by atoms with Crippen molar-refractivity contribution in [3.63, 3.8) is 0 Å². The molecular weight excluding hydrogens is 342 g/mol. The predicted molar refractivity (Wildman–Crippen MR) is 107 cm³/mol. The van der Waals surface area contributed by atoms with Gasteiger partial charge in [-0.2, -0.15) is 5.26 Å². The Morgan fingerprint density at radius 2 is 1.56 bits per heavy atom. The number of ether oxygens (including phenoxy) is 4. The molecule has 0 N–H and O–H groups in total. The van der Waals surface area contributed by atoms with E-state index < -0.39 is 5.41 Å². The highest BCUT2D eigenvalue weighted by Crippen LogP contribution is 2.43. The van der Waals surface area contributed by atoms with Crippen LogP contribution in [0.3, 0.4) is 0 Å². The van der Waals surface area contributed by atoms with Crippen LogP contribution in [0.15, 0.2) is 18.2 Å². The summed E-state index contributed by atoms with van der Waals surface area (Å²) in [5.41, 5.74) is 0.332. The lowest BCUT2D eigenvalue weighted by Gasteiger charge is -2.36. The lowest BCUT2D eigenvalue weighted by molar-refractivity contribution is -0.142. The fourth-order valence-electron chi connectivity index (χ4n) is 3.83. The van der Waals surface area contributed by atoms with Crippen molar-refractivity contribution in [3.05, 3.63) is 23.8 Å². The van der Waals surface area contributed by atoms with Crippen LogP contribution in [0.25, 0.3) is 0 Å². The normalized spacial score (nSPS) is 13.4. The molecule has 0 amide bonds. The molecule has 0 bridgehead atoms. The Labute approximate surface area is 164 Å². The van der Waals surface area contributed by atoms with Gasteiger partial charge in [-0.3, -0.25) is 0 Å². The van der Waals surface area contributed by atoms with Crippen LogP contribution in [0.5, 0.6) is 11.5 Å². The van der Waals surface area contributed by atoms with Gasteiger partial charge in [-0.1, -0.05) is 32.8 Å². The molecule has 0 aromatic heterocycles. The summed E-state index contributed by atoms with van der Waals surface area (Å²) in [6.45, 7) is 9.38. The van der Waals surface area contributed by atoms with Gasteiger partial charge < -0.3 is 18.9 Å². The van der Waals surface area contributed by atoms with Crippen molar-refractivity contribution in [2.45, 2.75) is 65.1 Å². The quantitative estimate of drug-likeness (QED) is 0.449. The molecule has 152 valence electrons. The summed E-state index contributed by atoms with van der Waals surface area (Å²) in [5.74, 6) is 1.54. The smallest absolute Gasteiger partial charge is 0.161 e. The summed E-state index contributed by atoms with van der Waals surface area (Å²) in [4.78, 5) is 0. The predicted octanol–water partition coefficient (Wildman–Crippen LogP) is 5.08. The molecule has 1 unspecified atom stereocenters. The Morgan fingerprint density at radius 1 is 0.963 bits per heavy atom. The zero-order valence-electron chi connectivity index (χ0n) is 17.7. The van der Waals surface area contributed by atoms with Gasteiger partial charge in [0.05, 0.1) is 25.7 Å². The van der Waals surface area contributed by atoms with Crippen LogP contribution >= 0.6 is 0 Å². The Hall–Kier alpha value is -1.77. The van der Waals surface area contributed by atoms with Gasteiger partial charge >= 0.3 is 0 Å². The van der Waals surface area contributed by atoms with E-state index in [-0.39, 0.29) is 12.2 Å². The second-order valence-corrected chi connectivity index (χ2v) is 6.55. The van der Waals surface area contributed by atoms with Crippen molar-refractivity contribution >= 4 is 0 Å². The molecule has 0 aliphatic heterocycles. The van der Waals surface area contributed by atoms with Gasteiger partial charge in [-0.15, -0.1) is 0 Å². The van der Waals surface area contributed by atoms with Crippen LogP contribution in [0, 0.1) is 17.2 Å². The van der Waals surface area contributed by atoms with Crippen molar-refractivity contribution in [1.29, 1.82) is 5.26 Å². The SMILES string of the molecule is CCOC(CCC(C#N)(c1ccc(OC)c(OC)c1)C(CC)CC)OCC. The van der Waals surface area contributed by atoms with Gasteiger partial charge in [0.1, 0.15) is 0 Å². The molecule has 1 rings (SSSR count). The first-order valence-electron chi connectivity index (χ1n) is 9.93. The van der Waals surface area contributed by atoms with E-state index in [4.69, 9.17) is 18.9 Å². The van der Waals surface area contributed by atoms with E-state index in [9.17, 15) is 5.26 Å². The minimum absolute atomic E-state index is 0.226. The lowest BCUT2D eigenvalue weighted by Crippen LogP contribution is -2.35. The molecule has 0 saturated heterocycles. The van der Waals surface area contributed by atoms with Gasteiger partial charge in [0.25, 0.3) is 0 Å². The summed E-state index contributed by atoms with van der Waals surface area (Å²) in [6, 6.07) is 8.46. The van der Waals surface area contributed by atoms with Crippen molar-refractivity contribution < 1.29 is 18.9 Å². The number of nitrogens with zero attached hydrogens (tertiary/aromatic N) is 1. The number of hydrogen-bond acceptors (Lipinski definition) is 5. The molecule has 1 aromatic carbocycles. The number of nitriles is 1. The third-order valence-electron chi connectivity index (χ3n) is 5.26. The zero-order valence-corrected chi connectivity index (χ0v) is 17.7. The maximum Gasteiger partial charge on any atom is 0.161 e. The lowest BCUT2D eigenvalue weighted by atomic mass is 9.66. The van der Waals surface area contributed by atoms with Crippen LogP contribution in [0.1, 0.15) is 58.9 Å². The molecule has 0 radical (unpaired) electrons. The molecule has 27 heavy (non-hydrogen) atoms. The molecule has 0 aliphatic rings. The van der Waals surface area contributed by atoms with Gasteiger partial charge in [0.15, 0.2) is 17.8 Å². The summed E-state index contributed by atoms with van der Waals surface area (Å²) >= 11 is 0. The highest BCUT2D eigenvalue weighted by atomic mass is 16.7. The highest BCUT2D eigenvalue weighted by molar-refractivity contribution is 5.47. The molecule has 0 aliphatic carbocycles. The maximum atomic E-state index is 10.3. The van der Waals surface area contributed by atoms with Crippen molar-refractivity contribution in [2.75, 3.05) is 27.4 Å². The number of hydrogen-bond donors (Lipinski definition) is 0. The van der Waals surface area contributed by atoms with Crippen LogP contribution in [-0.2, 0) is 14.9 Å². The van der Waals surface area contributed by atoms with Crippen LogP contribution in [0.2, 0.25) is 0 Å². The van der Waals surface area contributed by atoms with Crippen LogP contribution in [-0.4, -0.2) is 33.7 Å². The van der Waals surface area contributed by atoms with E-state index in [1.54, 1.807) is 14.2 Å². The second kappa shape index (κ2) is 11.8. The minimum atomic E-state index is -0.629. The summed E-state index contributed by atoms with van der Waals surface area (Å²) < 4.78 is 22.3. The Bertz CT molecular complexity index is 588. The van der Waals surface area contributed by atoms with Crippen molar-refractivity contribution in [2.24, 2.45) is 5.92 Å². The Morgan fingerprint density at radius 3 is 2.00 bits per heavy atom. The van der Waals surface area contributed by atoms with E-state index in [1.807, 2.05) is 32.0 Å². The molecule has 0 fully saturated rings. The fourth-order valence-corrected chi connectivity index (χ4v) is 3.83. The second-order valence-electron chi connectivity index (χ2n) is 6.55. The Balaban J connectivity index is 3.32. The third kappa shape index (κ3) is 5.60. The average molecular weight is 378 g/mol. The van der Waals surface area contributed by atoms with Gasteiger partial charge in [0.2, 0.25) is 0 Å². The average Bonchev–Trinajstić information content (AvgIpc) is 2.70. The van der Waals surface area contributed by atoms with E-state index in [0.717, 1.165) is 18.4 Å². The topological polar surface area (TPSA) is 60.7 Å². The first-order valence-corrected chi connectivity index (χ1v) is 9.93. The molecular formula is C22H35NO4. The monoisotopic (exact) mass is 377 g/mol. The number of rotatable bonds is 13. The first kappa shape index (κ1) is 23.3. The largest absolute Gasteiger partial charge is 0.493 e. The van der Waals surface area contributed by atoms with Crippen LogP contribution < -0.4 is 9.47 Å². The maximum absolute atomic E-state index is 10.3. The third-order valence-corrected chi connectivity index (χ3v) is 5.26. The van der Waals surface area contributed by atoms with E-state index in [2.05, 4.69) is 19.9 Å². The molecule has 5 heteroatoms. The van der Waals surface area contributed by atoms with E-state index in [1.165, 1.54) is 0 Å². The summed E-state index contributed by atoms with van der Waals surface area (Å²) in [7, 11) is 3.23. The van der Waals surface area contributed by atoms with Gasteiger partial charge in [-0.25, -0.2) is 0 Å². The van der Waals surface area contributed by atoms with Crippen LogP contribution in [0.4, 0.5) is 0 Å². The van der Waals surface area contributed by atoms with Gasteiger partial charge in [0, 0.05) is 19.6 Å². The molecule has 0 heterocycles. The number of benzene rings is 1. The highest BCUT2D eigenvalue weighted by Gasteiger charge is 2.40. The van der Waals surface area contributed by atoms with Gasteiger partial charge in [-0.05, 0) is 43.9 Å². The van der Waals surface area contributed by atoms with E-state index in [0.29, 0.717) is 37.6 Å². The molecule has 0 saturated carbocycles. The van der Waals surface area contributed by atoms with E-state index >= 15 is 0 Å². The standard InChI is InChI=1S/C22H35NO4/c1-7-17(8-2)22(16-23,14-13-21(26-9-3)27-10-4)18-11-12-19(24-5)20(15-18)25-6/h11-12,15,17,21H,7-10,13-14H2,1-6H3. The first-order chi connectivity index (χ1) is 13.1. The zero-order chi connectivity index (χ0) is 20.3. The van der Waals surface area contributed by atoms with Crippen molar-refractivity contribution in [3.8, 4) is 17.6 Å². The fraction of sp³-hybridized carbons (Fsp3) is 0.682.